The molecule has 1 saturated heterocycles. The van der Waals surface area contributed by atoms with E-state index in [4.69, 9.17) is 4.42 Å². The Balaban J connectivity index is 1.84. The van der Waals surface area contributed by atoms with Gasteiger partial charge in [0.2, 0.25) is 17.6 Å². The van der Waals surface area contributed by atoms with Crippen LogP contribution in [-0.2, 0) is 16.1 Å². The normalized spacial score (nSPS) is 18.5. The molecule has 0 aliphatic carbocycles. The molecular formula is C15H14N2O5. The van der Waals surface area contributed by atoms with Crippen molar-refractivity contribution in [3.63, 3.8) is 0 Å². The van der Waals surface area contributed by atoms with Crippen LogP contribution in [0, 0.1) is 0 Å². The standard InChI is InChI=1S/C15H14N2O5/c18-12-6-5-10(14(19)17-12)16-7-9-8-3-1-2-4-11(8)22-13(9)15(20)21/h1-4,10,16H,5-7H2,(H,20,21)(H,17,18,19). The quantitative estimate of drug-likeness (QED) is 0.728. The lowest BCUT2D eigenvalue weighted by Crippen LogP contribution is -2.50. The summed E-state index contributed by atoms with van der Waals surface area (Å²) in [6.45, 7) is 0.172. The molecule has 114 valence electrons. The van der Waals surface area contributed by atoms with E-state index in [0.717, 1.165) is 0 Å². The van der Waals surface area contributed by atoms with Crippen LogP contribution >= 0.6 is 0 Å². The van der Waals surface area contributed by atoms with Gasteiger partial charge in [0.1, 0.15) is 5.58 Å². The smallest absolute Gasteiger partial charge is 0.372 e. The number of piperidine rings is 1. The molecule has 1 unspecified atom stereocenters. The molecule has 0 radical (unpaired) electrons. The number of benzene rings is 1. The minimum absolute atomic E-state index is 0.138. The number of carbonyl (C=O) groups excluding carboxylic acids is 2. The first-order valence-electron chi connectivity index (χ1n) is 6.87. The number of nitrogens with one attached hydrogen (secondary N) is 2. The second-order valence-electron chi connectivity index (χ2n) is 5.10. The van der Waals surface area contributed by atoms with Crippen molar-refractivity contribution < 1.29 is 23.9 Å². The number of hydrogen-bond acceptors (Lipinski definition) is 5. The Morgan fingerprint density at radius 1 is 1.36 bits per heavy atom. The summed E-state index contributed by atoms with van der Waals surface area (Å²) < 4.78 is 5.35. The van der Waals surface area contributed by atoms with Crippen LogP contribution in [0.4, 0.5) is 0 Å². The van der Waals surface area contributed by atoms with Gasteiger partial charge in [0.05, 0.1) is 6.04 Å². The zero-order chi connectivity index (χ0) is 15.7. The molecule has 1 aromatic heterocycles. The third-order valence-corrected chi connectivity index (χ3v) is 3.66. The van der Waals surface area contributed by atoms with Crippen LogP contribution in [-0.4, -0.2) is 28.9 Å². The third kappa shape index (κ3) is 2.58. The Labute approximate surface area is 125 Å². The third-order valence-electron chi connectivity index (χ3n) is 3.66. The molecule has 1 atom stereocenters. The fourth-order valence-electron chi connectivity index (χ4n) is 2.56. The monoisotopic (exact) mass is 302 g/mol. The highest BCUT2D eigenvalue weighted by Gasteiger charge is 2.27. The summed E-state index contributed by atoms with van der Waals surface area (Å²) in [7, 11) is 0. The molecule has 3 N–H and O–H groups in total. The number of carbonyl (C=O) groups is 3. The van der Waals surface area contributed by atoms with Gasteiger partial charge in [-0.3, -0.25) is 14.9 Å². The lowest BCUT2D eigenvalue weighted by Gasteiger charge is -2.21. The van der Waals surface area contributed by atoms with Gasteiger partial charge < -0.3 is 14.8 Å². The van der Waals surface area contributed by atoms with E-state index in [1.807, 2.05) is 0 Å². The van der Waals surface area contributed by atoms with E-state index in [-0.39, 0.29) is 30.5 Å². The molecule has 1 aliphatic rings. The lowest BCUT2D eigenvalue weighted by atomic mass is 10.0. The summed E-state index contributed by atoms with van der Waals surface area (Å²) in [6.07, 6.45) is 0.657. The number of carboxylic acids is 1. The molecule has 2 aromatic rings. The summed E-state index contributed by atoms with van der Waals surface area (Å²) in [4.78, 5) is 34.1. The number of rotatable bonds is 4. The first-order valence-corrected chi connectivity index (χ1v) is 6.87. The van der Waals surface area contributed by atoms with Crippen LogP contribution in [0.25, 0.3) is 11.0 Å². The molecule has 7 heteroatoms. The van der Waals surface area contributed by atoms with E-state index in [0.29, 0.717) is 23.0 Å². The van der Waals surface area contributed by atoms with Gasteiger partial charge in [-0.25, -0.2) is 4.79 Å². The Hall–Kier alpha value is -2.67. The number of furan rings is 1. The second kappa shape index (κ2) is 5.61. The van der Waals surface area contributed by atoms with Crippen molar-refractivity contribution in [2.75, 3.05) is 0 Å². The van der Waals surface area contributed by atoms with Crippen molar-refractivity contribution in [1.29, 1.82) is 0 Å². The molecule has 1 aromatic carbocycles. The fraction of sp³-hybridized carbons (Fsp3) is 0.267. The first-order chi connectivity index (χ1) is 10.6. The van der Waals surface area contributed by atoms with Crippen molar-refractivity contribution in [3.05, 3.63) is 35.6 Å². The van der Waals surface area contributed by atoms with Gasteiger partial charge in [-0.05, 0) is 12.5 Å². The molecule has 0 saturated carbocycles. The maximum absolute atomic E-state index is 11.7. The number of carboxylic acid groups (broad SMARTS) is 1. The number of imide groups is 1. The number of amides is 2. The highest BCUT2D eigenvalue weighted by molar-refractivity contribution is 6.00. The van der Waals surface area contributed by atoms with E-state index in [9.17, 15) is 19.5 Å². The Morgan fingerprint density at radius 2 is 2.14 bits per heavy atom. The van der Waals surface area contributed by atoms with Gasteiger partial charge >= 0.3 is 5.97 Å². The van der Waals surface area contributed by atoms with E-state index >= 15 is 0 Å². The zero-order valence-electron chi connectivity index (χ0n) is 11.6. The summed E-state index contributed by atoms with van der Waals surface area (Å²) in [5, 5.41) is 15.2. The van der Waals surface area contributed by atoms with Gasteiger partial charge in [-0.1, -0.05) is 18.2 Å². The van der Waals surface area contributed by atoms with Gasteiger partial charge in [0, 0.05) is 23.9 Å². The Kier molecular flexibility index (Phi) is 3.64. The second-order valence-corrected chi connectivity index (χ2v) is 5.10. The van der Waals surface area contributed by atoms with Gasteiger partial charge in [-0.2, -0.15) is 0 Å². The zero-order valence-corrected chi connectivity index (χ0v) is 11.6. The predicted molar refractivity (Wildman–Crippen MR) is 76.2 cm³/mol. The fourth-order valence-corrected chi connectivity index (χ4v) is 2.56. The maximum atomic E-state index is 11.7. The number of fused-ring (bicyclic) bond motifs is 1. The predicted octanol–water partition coefficient (Wildman–Crippen LogP) is 1.03. The molecule has 2 amide bonds. The molecule has 22 heavy (non-hydrogen) atoms. The van der Waals surface area contributed by atoms with E-state index in [2.05, 4.69) is 10.6 Å². The first kappa shape index (κ1) is 14.3. The summed E-state index contributed by atoms with van der Waals surface area (Å²) in [6, 6.07) is 6.49. The minimum Gasteiger partial charge on any atom is -0.475 e. The summed E-state index contributed by atoms with van der Waals surface area (Å²) in [5.41, 5.74) is 0.979. The lowest BCUT2D eigenvalue weighted by molar-refractivity contribution is -0.134. The SMILES string of the molecule is O=C1CCC(NCc2c(C(=O)O)oc3ccccc23)C(=O)N1. The Bertz CT molecular complexity index is 764. The maximum Gasteiger partial charge on any atom is 0.372 e. The van der Waals surface area contributed by atoms with Crippen LogP contribution in [0.15, 0.2) is 28.7 Å². The average molecular weight is 302 g/mol. The molecule has 0 bridgehead atoms. The van der Waals surface area contributed by atoms with Crippen LogP contribution in [0.5, 0.6) is 0 Å². The number of hydrogen-bond donors (Lipinski definition) is 3. The molecule has 7 nitrogen and oxygen atoms in total. The molecule has 3 rings (SSSR count). The molecule has 1 fully saturated rings. The van der Waals surface area contributed by atoms with Crippen LogP contribution in [0.2, 0.25) is 0 Å². The molecule has 1 aliphatic heterocycles. The van der Waals surface area contributed by atoms with E-state index in [1.165, 1.54) is 0 Å². The summed E-state index contributed by atoms with van der Waals surface area (Å²) in [5.74, 6) is -1.97. The van der Waals surface area contributed by atoms with Crippen LogP contribution < -0.4 is 10.6 Å². The molecular weight excluding hydrogens is 288 g/mol. The van der Waals surface area contributed by atoms with Crippen molar-refractivity contribution in [2.45, 2.75) is 25.4 Å². The van der Waals surface area contributed by atoms with Gasteiger partial charge in [0.15, 0.2) is 0 Å². The number of aromatic carboxylic acids is 1. The molecule has 2 heterocycles. The minimum atomic E-state index is -1.16. The van der Waals surface area contributed by atoms with Crippen LogP contribution in [0.1, 0.15) is 29.0 Å². The van der Waals surface area contributed by atoms with E-state index in [1.54, 1.807) is 24.3 Å². The van der Waals surface area contributed by atoms with Crippen molar-refractivity contribution >= 4 is 28.8 Å². The highest BCUT2D eigenvalue weighted by Crippen LogP contribution is 2.26. The van der Waals surface area contributed by atoms with Crippen molar-refractivity contribution in [1.82, 2.24) is 10.6 Å². The average Bonchev–Trinajstić information content (AvgIpc) is 2.85. The van der Waals surface area contributed by atoms with Crippen molar-refractivity contribution in [3.8, 4) is 0 Å². The van der Waals surface area contributed by atoms with Gasteiger partial charge in [0.25, 0.3) is 0 Å². The van der Waals surface area contributed by atoms with E-state index < -0.39 is 12.0 Å². The topological polar surface area (TPSA) is 109 Å². The van der Waals surface area contributed by atoms with Gasteiger partial charge in [-0.15, -0.1) is 0 Å². The number of para-hydroxylation sites is 1. The van der Waals surface area contributed by atoms with Crippen LogP contribution in [0.3, 0.4) is 0 Å². The highest BCUT2D eigenvalue weighted by atomic mass is 16.4. The largest absolute Gasteiger partial charge is 0.475 e. The molecule has 0 spiro atoms. The van der Waals surface area contributed by atoms with Crippen molar-refractivity contribution in [2.24, 2.45) is 0 Å². The Morgan fingerprint density at radius 3 is 2.86 bits per heavy atom. The summed E-state index contributed by atoms with van der Waals surface area (Å²) >= 11 is 0.